The highest BCUT2D eigenvalue weighted by atomic mass is 15.3. The molecule has 0 spiro atoms. The van der Waals surface area contributed by atoms with Crippen molar-refractivity contribution in [1.29, 1.82) is 0 Å². The smallest absolute Gasteiger partial charge is 0.0542 e. The number of nitrogens with one attached hydrogen (secondary N) is 1. The van der Waals surface area contributed by atoms with E-state index in [2.05, 4.69) is 61.6 Å². The van der Waals surface area contributed by atoms with Crippen LogP contribution in [0, 0.1) is 0 Å². The van der Waals surface area contributed by atoms with Crippen molar-refractivity contribution in [3.8, 4) is 0 Å². The fraction of sp³-hybridized carbons (Fsp3) is 0.400. The van der Waals surface area contributed by atoms with Crippen LogP contribution in [-0.4, -0.2) is 9.78 Å². The quantitative estimate of drug-likeness (QED) is 0.869. The first-order valence-corrected chi connectivity index (χ1v) is 6.61. The highest BCUT2D eigenvalue weighted by Gasteiger charge is 2.09. The van der Waals surface area contributed by atoms with Crippen molar-refractivity contribution in [2.45, 2.75) is 39.8 Å². The first-order valence-electron chi connectivity index (χ1n) is 6.61. The number of hydrogen-bond donors (Lipinski definition) is 1. The first-order chi connectivity index (χ1) is 8.74. The Morgan fingerprint density at radius 3 is 2.72 bits per heavy atom. The summed E-state index contributed by atoms with van der Waals surface area (Å²) in [5, 5.41) is 7.88. The van der Waals surface area contributed by atoms with Crippen LogP contribution in [0.25, 0.3) is 0 Å². The van der Waals surface area contributed by atoms with E-state index in [0.717, 1.165) is 13.0 Å². The predicted molar refractivity (Wildman–Crippen MR) is 75.8 cm³/mol. The zero-order chi connectivity index (χ0) is 13.0. The minimum atomic E-state index is 0.276. The number of anilines is 1. The van der Waals surface area contributed by atoms with Crippen molar-refractivity contribution in [3.05, 3.63) is 47.8 Å². The van der Waals surface area contributed by atoms with E-state index in [0.29, 0.717) is 0 Å². The minimum absolute atomic E-state index is 0.276. The molecule has 0 saturated heterocycles. The van der Waals surface area contributed by atoms with Gasteiger partial charge in [-0.05, 0) is 31.9 Å². The minimum Gasteiger partial charge on any atom is -0.378 e. The van der Waals surface area contributed by atoms with Gasteiger partial charge in [-0.15, -0.1) is 0 Å². The summed E-state index contributed by atoms with van der Waals surface area (Å²) in [4.78, 5) is 0. The molecule has 1 unspecified atom stereocenters. The third-order valence-corrected chi connectivity index (χ3v) is 3.25. The Labute approximate surface area is 109 Å². The molecule has 0 amide bonds. The molecule has 1 N–H and O–H groups in total. The summed E-state index contributed by atoms with van der Waals surface area (Å²) < 4.78 is 1.96. The maximum atomic E-state index is 4.32. The fourth-order valence-electron chi connectivity index (χ4n) is 2.06. The van der Waals surface area contributed by atoms with Crippen molar-refractivity contribution in [1.82, 2.24) is 9.78 Å². The molecule has 0 aliphatic heterocycles. The molecule has 0 fully saturated rings. The third-order valence-electron chi connectivity index (χ3n) is 3.25. The van der Waals surface area contributed by atoms with Gasteiger partial charge in [-0.3, -0.25) is 4.68 Å². The first kappa shape index (κ1) is 12.7. The summed E-state index contributed by atoms with van der Waals surface area (Å²) >= 11 is 0. The molecule has 96 valence electrons. The van der Waals surface area contributed by atoms with Gasteiger partial charge >= 0.3 is 0 Å². The fourth-order valence-corrected chi connectivity index (χ4v) is 2.06. The maximum Gasteiger partial charge on any atom is 0.0542 e. The molecule has 1 heterocycles. The van der Waals surface area contributed by atoms with Crippen LogP contribution in [0.3, 0.4) is 0 Å². The van der Waals surface area contributed by atoms with Crippen molar-refractivity contribution >= 4 is 5.69 Å². The zero-order valence-corrected chi connectivity index (χ0v) is 11.4. The van der Waals surface area contributed by atoms with Crippen molar-refractivity contribution in [2.75, 3.05) is 5.32 Å². The lowest BCUT2D eigenvalue weighted by Gasteiger charge is -2.16. The van der Waals surface area contributed by atoms with Gasteiger partial charge in [0.25, 0.3) is 0 Å². The summed E-state index contributed by atoms with van der Waals surface area (Å²) in [7, 11) is 0. The topological polar surface area (TPSA) is 29.9 Å². The molecule has 0 aliphatic rings. The van der Waals surface area contributed by atoms with E-state index in [-0.39, 0.29) is 6.04 Å². The highest BCUT2D eigenvalue weighted by Crippen LogP contribution is 2.22. The molecule has 3 nitrogen and oxygen atoms in total. The molecule has 0 bridgehead atoms. The molecule has 0 radical (unpaired) electrons. The van der Waals surface area contributed by atoms with Crippen LogP contribution in [-0.2, 0) is 13.0 Å². The number of para-hydroxylation sites is 1. The van der Waals surface area contributed by atoms with Gasteiger partial charge in [-0.25, -0.2) is 0 Å². The molecule has 2 aromatic rings. The molecule has 1 aromatic carbocycles. The average molecular weight is 243 g/mol. The number of hydrogen-bond acceptors (Lipinski definition) is 2. The summed E-state index contributed by atoms with van der Waals surface area (Å²) in [6.07, 6.45) is 5.09. The summed E-state index contributed by atoms with van der Waals surface area (Å²) in [6, 6.07) is 8.75. The van der Waals surface area contributed by atoms with Gasteiger partial charge in [0.2, 0.25) is 0 Å². The lowest BCUT2D eigenvalue weighted by atomic mass is 10.1. The second-order valence-corrected chi connectivity index (χ2v) is 4.51. The lowest BCUT2D eigenvalue weighted by Crippen LogP contribution is -2.07. The largest absolute Gasteiger partial charge is 0.378 e. The van der Waals surface area contributed by atoms with Crippen LogP contribution in [0.5, 0.6) is 0 Å². The monoisotopic (exact) mass is 243 g/mol. The van der Waals surface area contributed by atoms with Gasteiger partial charge in [-0.2, -0.15) is 5.10 Å². The Balaban J connectivity index is 2.13. The van der Waals surface area contributed by atoms with Crippen LogP contribution in [0.15, 0.2) is 36.7 Å². The van der Waals surface area contributed by atoms with Crippen molar-refractivity contribution in [3.63, 3.8) is 0 Å². The molecule has 0 aliphatic carbocycles. The van der Waals surface area contributed by atoms with Gasteiger partial charge in [-0.1, -0.05) is 25.1 Å². The molecule has 3 heteroatoms. The van der Waals surface area contributed by atoms with Crippen LogP contribution in [0.4, 0.5) is 5.69 Å². The Morgan fingerprint density at radius 1 is 1.28 bits per heavy atom. The maximum absolute atomic E-state index is 4.32. The predicted octanol–water partition coefficient (Wildman–Crippen LogP) is 3.64. The van der Waals surface area contributed by atoms with Gasteiger partial charge in [0, 0.05) is 24.0 Å². The van der Waals surface area contributed by atoms with E-state index in [1.165, 1.54) is 16.8 Å². The van der Waals surface area contributed by atoms with Gasteiger partial charge in [0.15, 0.2) is 0 Å². The molecule has 1 atom stereocenters. The van der Waals surface area contributed by atoms with E-state index in [1.807, 2.05) is 10.9 Å². The number of benzene rings is 1. The standard InChI is InChI=1S/C15H21N3/c1-4-13-8-6-7-9-15(13)17-12(3)14-10-16-18(5-2)11-14/h6-12,17H,4-5H2,1-3H3. The lowest BCUT2D eigenvalue weighted by molar-refractivity contribution is 0.658. The third kappa shape index (κ3) is 2.73. The van der Waals surface area contributed by atoms with Crippen LogP contribution < -0.4 is 5.32 Å². The second-order valence-electron chi connectivity index (χ2n) is 4.51. The number of rotatable bonds is 5. The highest BCUT2D eigenvalue weighted by molar-refractivity contribution is 5.52. The Morgan fingerprint density at radius 2 is 2.06 bits per heavy atom. The summed E-state index contributed by atoms with van der Waals surface area (Å²) in [5.41, 5.74) is 3.80. The number of nitrogens with zero attached hydrogens (tertiary/aromatic N) is 2. The van der Waals surface area contributed by atoms with E-state index in [9.17, 15) is 0 Å². The van der Waals surface area contributed by atoms with E-state index in [1.54, 1.807) is 0 Å². The molecule has 0 saturated carbocycles. The number of aromatic nitrogens is 2. The molecule has 1 aromatic heterocycles. The second kappa shape index (κ2) is 5.71. The van der Waals surface area contributed by atoms with Crippen molar-refractivity contribution in [2.24, 2.45) is 0 Å². The SMILES string of the molecule is CCc1ccccc1NC(C)c1cnn(CC)c1. The van der Waals surface area contributed by atoms with E-state index >= 15 is 0 Å². The van der Waals surface area contributed by atoms with Gasteiger partial charge in [0.05, 0.1) is 12.2 Å². The van der Waals surface area contributed by atoms with E-state index in [4.69, 9.17) is 0 Å². The summed E-state index contributed by atoms with van der Waals surface area (Å²) in [5.74, 6) is 0. The molecule has 18 heavy (non-hydrogen) atoms. The van der Waals surface area contributed by atoms with Crippen molar-refractivity contribution < 1.29 is 0 Å². The van der Waals surface area contributed by atoms with Crippen LogP contribution in [0.1, 0.15) is 37.9 Å². The van der Waals surface area contributed by atoms with Gasteiger partial charge in [0.1, 0.15) is 0 Å². The average Bonchev–Trinajstić information content (AvgIpc) is 2.88. The molecular formula is C15H21N3. The normalized spacial score (nSPS) is 12.4. The van der Waals surface area contributed by atoms with Crippen LogP contribution in [0.2, 0.25) is 0 Å². The molecule has 2 rings (SSSR count). The Hall–Kier alpha value is -1.77. The summed E-state index contributed by atoms with van der Waals surface area (Å²) in [6.45, 7) is 7.36. The van der Waals surface area contributed by atoms with Crippen LogP contribution >= 0.6 is 0 Å². The Kier molecular flexibility index (Phi) is 4.03. The Bertz CT molecular complexity index is 502. The number of aryl methyl sites for hydroxylation is 2. The van der Waals surface area contributed by atoms with Gasteiger partial charge < -0.3 is 5.32 Å². The molecular weight excluding hydrogens is 222 g/mol. The van der Waals surface area contributed by atoms with E-state index < -0.39 is 0 Å². The zero-order valence-electron chi connectivity index (χ0n) is 11.4.